The molecule has 1 atom stereocenters. The Balaban J connectivity index is 1.66. The van der Waals surface area contributed by atoms with Crippen LogP contribution in [0.2, 0.25) is 0 Å². The molecule has 164 valence electrons. The number of carbonyl (C=O) groups excluding carboxylic acids is 1. The molecule has 0 spiro atoms. The Bertz CT molecular complexity index is 1040. The predicted molar refractivity (Wildman–Crippen MR) is 112 cm³/mol. The first kappa shape index (κ1) is 21.9. The molecule has 0 aliphatic heterocycles. The largest absolute Gasteiger partial charge is 0.497 e. The van der Waals surface area contributed by atoms with Gasteiger partial charge in [-0.25, -0.2) is 0 Å². The highest BCUT2D eigenvalue weighted by molar-refractivity contribution is 5.80. The number of amides is 1. The second-order valence-corrected chi connectivity index (χ2v) is 6.71. The summed E-state index contributed by atoms with van der Waals surface area (Å²) in [5, 5.41) is 4.00. The summed E-state index contributed by atoms with van der Waals surface area (Å²) >= 11 is 0. The highest BCUT2D eigenvalue weighted by Gasteiger charge is 2.22. The number of nitrogens with zero attached hydrogens (tertiary/aromatic N) is 3. The molecule has 9 heteroatoms. The molecule has 1 amide bonds. The normalized spacial score (nSPS) is 11.5. The number of carbonyl (C=O) groups is 1. The van der Waals surface area contributed by atoms with Crippen molar-refractivity contribution in [2.45, 2.75) is 19.6 Å². The van der Waals surface area contributed by atoms with Gasteiger partial charge in [0.2, 0.25) is 11.7 Å². The number of hydrogen-bond acceptors (Lipinski definition) is 8. The molecule has 0 fully saturated rings. The number of hydrogen-bond donors (Lipinski definition) is 0. The minimum Gasteiger partial charge on any atom is -0.497 e. The van der Waals surface area contributed by atoms with Crippen molar-refractivity contribution in [2.75, 3.05) is 28.4 Å². The van der Waals surface area contributed by atoms with Gasteiger partial charge in [0.05, 0.1) is 33.4 Å². The van der Waals surface area contributed by atoms with E-state index in [1.54, 1.807) is 77.8 Å². The standard InChI is InChI=1S/C22H25N3O6/c1-14(30-17-8-6-7-15(11-17)27-3)22(26)25(2)13-20-23-21(24-31-20)18-10-9-16(28-4)12-19(18)29-5/h6-12,14H,13H2,1-5H3/t14-/m0/s1. The molecule has 0 unspecified atom stereocenters. The predicted octanol–water partition coefficient (Wildman–Crippen LogP) is 3.19. The third-order valence-corrected chi connectivity index (χ3v) is 4.57. The second-order valence-electron chi connectivity index (χ2n) is 6.71. The van der Waals surface area contributed by atoms with Crippen molar-refractivity contribution in [3.05, 3.63) is 48.4 Å². The summed E-state index contributed by atoms with van der Waals surface area (Å²) < 4.78 is 26.8. The van der Waals surface area contributed by atoms with Crippen LogP contribution in [0.5, 0.6) is 23.0 Å². The number of likely N-dealkylation sites (N-methyl/N-ethyl adjacent to an activating group) is 1. The van der Waals surface area contributed by atoms with Crippen molar-refractivity contribution >= 4 is 5.91 Å². The molecular weight excluding hydrogens is 402 g/mol. The van der Waals surface area contributed by atoms with Gasteiger partial charge in [-0.3, -0.25) is 4.79 Å². The molecule has 1 aromatic heterocycles. The van der Waals surface area contributed by atoms with Crippen molar-refractivity contribution in [3.8, 4) is 34.4 Å². The summed E-state index contributed by atoms with van der Waals surface area (Å²) in [5.74, 6) is 2.81. The number of methoxy groups -OCH3 is 3. The molecule has 1 heterocycles. The second kappa shape index (κ2) is 9.84. The number of ether oxygens (including phenoxy) is 4. The molecule has 3 rings (SSSR count). The van der Waals surface area contributed by atoms with Gasteiger partial charge in [0.25, 0.3) is 5.91 Å². The Morgan fingerprint density at radius 1 is 1.03 bits per heavy atom. The van der Waals surface area contributed by atoms with Crippen LogP contribution in [-0.2, 0) is 11.3 Å². The van der Waals surface area contributed by atoms with Gasteiger partial charge in [0.1, 0.15) is 23.0 Å². The maximum atomic E-state index is 12.7. The van der Waals surface area contributed by atoms with Crippen LogP contribution in [0.15, 0.2) is 47.0 Å². The summed E-state index contributed by atoms with van der Waals surface area (Å²) in [6.45, 7) is 1.82. The lowest BCUT2D eigenvalue weighted by Gasteiger charge is -2.21. The molecule has 0 saturated carbocycles. The van der Waals surface area contributed by atoms with Crippen molar-refractivity contribution in [3.63, 3.8) is 0 Å². The van der Waals surface area contributed by atoms with Gasteiger partial charge < -0.3 is 28.4 Å². The summed E-state index contributed by atoms with van der Waals surface area (Å²) in [4.78, 5) is 18.5. The Morgan fingerprint density at radius 2 is 1.74 bits per heavy atom. The Hall–Kier alpha value is -3.75. The maximum Gasteiger partial charge on any atom is 0.263 e. The van der Waals surface area contributed by atoms with E-state index in [4.69, 9.17) is 23.5 Å². The third kappa shape index (κ3) is 5.25. The molecule has 0 aliphatic rings. The third-order valence-electron chi connectivity index (χ3n) is 4.57. The van der Waals surface area contributed by atoms with E-state index in [0.29, 0.717) is 34.4 Å². The van der Waals surface area contributed by atoms with E-state index in [1.807, 2.05) is 0 Å². The van der Waals surface area contributed by atoms with Crippen LogP contribution in [0.3, 0.4) is 0 Å². The molecule has 0 saturated heterocycles. The molecule has 3 aromatic rings. The first-order valence-electron chi connectivity index (χ1n) is 9.55. The monoisotopic (exact) mass is 427 g/mol. The molecule has 0 aliphatic carbocycles. The first-order chi connectivity index (χ1) is 14.9. The van der Waals surface area contributed by atoms with Crippen molar-refractivity contribution in [1.82, 2.24) is 15.0 Å². The van der Waals surface area contributed by atoms with Crippen molar-refractivity contribution in [2.24, 2.45) is 0 Å². The Labute approximate surface area is 180 Å². The lowest BCUT2D eigenvalue weighted by Crippen LogP contribution is -2.37. The van der Waals surface area contributed by atoms with Crippen molar-refractivity contribution in [1.29, 1.82) is 0 Å². The van der Waals surface area contributed by atoms with E-state index < -0.39 is 6.10 Å². The first-order valence-corrected chi connectivity index (χ1v) is 9.55. The lowest BCUT2D eigenvalue weighted by molar-refractivity contribution is -0.137. The van der Waals surface area contributed by atoms with E-state index in [0.717, 1.165) is 0 Å². The average Bonchev–Trinajstić information content (AvgIpc) is 3.26. The van der Waals surface area contributed by atoms with E-state index in [1.165, 1.54) is 4.90 Å². The fourth-order valence-electron chi connectivity index (χ4n) is 2.93. The number of rotatable bonds is 9. The molecule has 0 bridgehead atoms. The molecule has 31 heavy (non-hydrogen) atoms. The fourth-order valence-corrected chi connectivity index (χ4v) is 2.93. The fraction of sp³-hybridized carbons (Fsp3) is 0.318. The Kier molecular flexibility index (Phi) is 6.96. The summed E-state index contributed by atoms with van der Waals surface area (Å²) in [5.41, 5.74) is 0.655. The quantitative estimate of drug-likeness (QED) is 0.514. The zero-order valence-electron chi connectivity index (χ0n) is 18.1. The summed E-state index contributed by atoms with van der Waals surface area (Å²) in [6, 6.07) is 12.4. The smallest absolute Gasteiger partial charge is 0.263 e. The maximum absolute atomic E-state index is 12.7. The topological polar surface area (TPSA) is 96.2 Å². The average molecular weight is 427 g/mol. The van der Waals surface area contributed by atoms with Crippen LogP contribution in [0, 0.1) is 0 Å². The van der Waals surface area contributed by atoms with Crippen LogP contribution < -0.4 is 18.9 Å². The van der Waals surface area contributed by atoms with Gasteiger partial charge >= 0.3 is 0 Å². The molecule has 0 N–H and O–H groups in total. The van der Waals surface area contributed by atoms with Crippen LogP contribution in [0.25, 0.3) is 11.4 Å². The molecule has 0 radical (unpaired) electrons. The van der Waals surface area contributed by atoms with E-state index >= 15 is 0 Å². The molecule has 9 nitrogen and oxygen atoms in total. The van der Waals surface area contributed by atoms with Gasteiger partial charge in [-0.1, -0.05) is 11.2 Å². The van der Waals surface area contributed by atoms with Gasteiger partial charge in [-0.05, 0) is 31.2 Å². The highest BCUT2D eigenvalue weighted by Crippen LogP contribution is 2.31. The lowest BCUT2D eigenvalue weighted by atomic mass is 10.2. The van der Waals surface area contributed by atoms with E-state index in [2.05, 4.69) is 10.1 Å². The van der Waals surface area contributed by atoms with Crippen molar-refractivity contribution < 1.29 is 28.3 Å². The summed E-state index contributed by atoms with van der Waals surface area (Å²) in [6.07, 6.45) is -0.707. The van der Waals surface area contributed by atoms with E-state index in [-0.39, 0.29) is 18.3 Å². The zero-order valence-corrected chi connectivity index (χ0v) is 18.1. The Morgan fingerprint density at radius 3 is 2.45 bits per heavy atom. The summed E-state index contributed by atoms with van der Waals surface area (Å²) in [7, 11) is 6.34. The number of aromatic nitrogens is 2. The van der Waals surface area contributed by atoms with Gasteiger partial charge in [-0.15, -0.1) is 0 Å². The molecule has 2 aromatic carbocycles. The van der Waals surface area contributed by atoms with Crippen LogP contribution in [0.4, 0.5) is 0 Å². The van der Waals surface area contributed by atoms with Gasteiger partial charge in [0.15, 0.2) is 6.10 Å². The minimum atomic E-state index is -0.707. The number of benzene rings is 2. The van der Waals surface area contributed by atoms with Crippen LogP contribution >= 0.6 is 0 Å². The zero-order chi connectivity index (χ0) is 22.4. The highest BCUT2D eigenvalue weighted by atomic mass is 16.5. The van der Waals surface area contributed by atoms with Crippen LogP contribution in [-0.4, -0.2) is 55.4 Å². The molecular formula is C22H25N3O6. The minimum absolute atomic E-state index is 0.135. The van der Waals surface area contributed by atoms with E-state index in [9.17, 15) is 4.79 Å². The SMILES string of the molecule is COc1cccc(O[C@@H](C)C(=O)N(C)Cc2nc(-c3ccc(OC)cc3OC)no2)c1. The van der Waals surface area contributed by atoms with Gasteiger partial charge in [-0.2, -0.15) is 4.98 Å². The van der Waals surface area contributed by atoms with Gasteiger partial charge in [0, 0.05) is 19.2 Å². The van der Waals surface area contributed by atoms with Crippen LogP contribution in [0.1, 0.15) is 12.8 Å².